The maximum absolute atomic E-state index is 4.40. The van der Waals surface area contributed by atoms with Crippen LogP contribution >= 0.6 is 0 Å². The highest BCUT2D eigenvalue weighted by atomic mass is 15.3. The molecular weight excluding hydrogens is 274 g/mol. The van der Waals surface area contributed by atoms with Gasteiger partial charge in [-0.1, -0.05) is 18.2 Å². The molecule has 1 aromatic carbocycles. The van der Waals surface area contributed by atoms with Gasteiger partial charge in [0.15, 0.2) is 0 Å². The molecule has 0 radical (unpaired) electrons. The number of nitrogens with zero attached hydrogens (tertiary/aromatic N) is 4. The van der Waals surface area contributed by atoms with E-state index in [4.69, 9.17) is 0 Å². The van der Waals surface area contributed by atoms with Gasteiger partial charge in [0.2, 0.25) is 0 Å². The predicted molar refractivity (Wildman–Crippen MR) is 85.7 cm³/mol. The van der Waals surface area contributed by atoms with Crippen molar-refractivity contribution in [2.75, 3.05) is 6.54 Å². The third-order valence-electron chi connectivity index (χ3n) is 3.41. The van der Waals surface area contributed by atoms with Crippen LogP contribution in [0.25, 0.3) is 5.69 Å². The fraction of sp³-hybridized carbons (Fsp3) is 0.235. The van der Waals surface area contributed by atoms with Crippen molar-refractivity contribution in [1.82, 2.24) is 25.1 Å². The molecule has 2 aromatic heterocycles. The molecule has 0 aliphatic heterocycles. The summed E-state index contributed by atoms with van der Waals surface area (Å²) >= 11 is 0. The fourth-order valence-corrected chi connectivity index (χ4v) is 2.19. The maximum atomic E-state index is 4.40. The standard InChI is InChI=1S/C17H19N5/c1-14-19-10-16(11-20-14)9-18-8-7-15-12-21-22(13-15)17-5-3-2-4-6-17/h2-6,10-13,18H,7-9H2,1H3. The minimum Gasteiger partial charge on any atom is -0.312 e. The summed E-state index contributed by atoms with van der Waals surface area (Å²) in [6.07, 6.45) is 8.67. The zero-order valence-electron chi connectivity index (χ0n) is 12.6. The SMILES string of the molecule is Cc1ncc(CNCCc2cnn(-c3ccccc3)c2)cn1. The molecule has 0 aliphatic rings. The molecule has 5 nitrogen and oxygen atoms in total. The van der Waals surface area contributed by atoms with Crippen LogP contribution in [0.4, 0.5) is 0 Å². The van der Waals surface area contributed by atoms with E-state index in [0.29, 0.717) is 0 Å². The molecule has 2 heterocycles. The van der Waals surface area contributed by atoms with Gasteiger partial charge >= 0.3 is 0 Å². The molecule has 0 aliphatic carbocycles. The van der Waals surface area contributed by atoms with Crippen molar-refractivity contribution in [2.45, 2.75) is 19.9 Å². The quantitative estimate of drug-likeness (QED) is 0.709. The van der Waals surface area contributed by atoms with Crippen LogP contribution in [0.2, 0.25) is 0 Å². The molecule has 0 saturated carbocycles. The molecule has 0 bridgehead atoms. The van der Waals surface area contributed by atoms with Gasteiger partial charge in [0.25, 0.3) is 0 Å². The van der Waals surface area contributed by atoms with Crippen molar-refractivity contribution in [2.24, 2.45) is 0 Å². The number of hydrogen-bond donors (Lipinski definition) is 1. The molecule has 5 heteroatoms. The van der Waals surface area contributed by atoms with Crippen LogP contribution in [0, 0.1) is 6.92 Å². The molecule has 0 fully saturated rings. The highest BCUT2D eigenvalue weighted by Gasteiger charge is 2.01. The second kappa shape index (κ2) is 6.95. The summed E-state index contributed by atoms with van der Waals surface area (Å²) in [5.74, 6) is 0.803. The highest BCUT2D eigenvalue weighted by molar-refractivity contribution is 5.30. The molecule has 22 heavy (non-hydrogen) atoms. The smallest absolute Gasteiger partial charge is 0.125 e. The Kier molecular flexibility index (Phi) is 4.56. The lowest BCUT2D eigenvalue weighted by Crippen LogP contribution is -2.16. The lowest BCUT2D eigenvalue weighted by Gasteiger charge is -2.03. The minimum atomic E-state index is 0.785. The lowest BCUT2D eigenvalue weighted by molar-refractivity contribution is 0.682. The van der Waals surface area contributed by atoms with E-state index in [1.807, 2.05) is 60.5 Å². The number of hydrogen-bond acceptors (Lipinski definition) is 4. The van der Waals surface area contributed by atoms with Crippen LogP contribution in [-0.2, 0) is 13.0 Å². The lowest BCUT2D eigenvalue weighted by atomic mass is 10.2. The Hall–Kier alpha value is -2.53. The Morgan fingerprint density at radius 1 is 1.00 bits per heavy atom. The Morgan fingerprint density at radius 2 is 1.77 bits per heavy atom. The average Bonchev–Trinajstić information content (AvgIpc) is 3.03. The van der Waals surface area contributed by atoms with Gasteiger partial charge in [-0.2, -0.15) is 5.10 Å². The molecule has 3 aromatic rings. The number of rotatable bonds is 6. The molecule has 112 valence electrons. The van der Waals surface area contributed by atoms with Gasteiger partial charge < -0.3 is 5.32 Å². The maximum Gasteiger partial charge on any atom is 0.125 e. The largest absolute Gasteiger partial charge is 0.312 e. The van der Waals surface area contributed by atoms with Gasteiger partial charge in [0.1, 0.15) is 5.82 Å². The van der Waals surface area contributed by atoms with Gasteiger partial charge in [-0.05, 0) is 37.6 Å². The molecule has 0 saturated heterocycles. The molecular formula is C17H19N5. The van der Waals surface area contributed by atoms with Crippen molar-refractivity contribution in [1.29, 1.82) is 0 Å². The molecule has 0 atom stereocenters. The van der Waals surface area contributed by atoms with Crippen molar-refractivity contribution >= 4 is 0 Å². The zero-order chi connectivity index (χ0) is 15.2. The van der Waals surface area contributed by atoms with E-state index in [0.717, 1.165) is 36.6 Å². The van der Waals surface area contributed by atoms with Gasteiger partial charge in [-0.15, -0.1) is 0 Å². The average molecular weight is 293 g/mol. The van der Waals surface area contributed by atoms with E-state index in [1.54, 1.807) is 0 Å². The van der Waals surface area contributed by atoms with Gasteiger partial charge in [0, 0.05) is 30.7 Å². The third kappa shape index (κ3) is 3.77. The first kappa shape index (κ1) is 14.4. The van der Waals surface area contributed by atoms with E-state index in [1.165, 1.54) is 5.56 Å². The van der Waals surface area contributed by atoms with E-state index < -0.39 is 0 Å². The summed E-state index contributed by atoms with van der Waals surface area (Å²) in [6, 6.07) is 10.1. The van der Waals surface area contributed by atoms with Crippen LogP contribution < -0.4 is 5.32 Å². The predicted octanol–water partition coefficient (Wildman–Crippen LogP) is 2.30. The van der Waals surface area contributed by atoms with Crippen LogP contribution in [-0.4, -0.2) is 26.3 Å². The monoisotopic (exact) mass is 293 g/mol. The fourth-order valence-electron chi connectivity index (χ4n) is 2.19. The van der Waals surface area contributed by atoms with Crippen LogP contribution in [0.5, 0.6) is 0 Å². The molecule has 0 spiro atoms. The van der Waals surface area contributed by atoms with Crippen molar-refractivity contribution in [3.63, 3.8) is 0 Å². The highest BCUT2D eigenvalue weighted by Crippen LogP contribution is 2.07. The first-order valence-electron chi connectivity index (χ1n) is 7.38. The Bertz CT molecular complexity index is 703. The number of nitrogens with one attached hydrogen (secondary N) is 1. The van der Waals surface area contributed by atoms with Crippen molar-refractivity contribution in [3.05, 3.63) is 72.1 Å². The van der Waals surface area contributed by atoms with Gasteiger partial charge in [-0.25, -0.2) is 14.6 Å². The first-order chi connectivity index (χ1) is 10.8. The van der Waals surface area contributed by atoms with E-state index in [-0.39, 0.29) is 0 Å². The summed E-state index contributed by atoms with van der Waals surface area (Å²) in [5.41, 5.74) is 3.40. The second-order valence-electron chi connectivity index (χ2n) is 5.19. The Balaban J connectivity index is 1.48. The summed E-state index contributed by atoms with van der Waals surface area (Å²) in [6.45, 7) is 3.57. The number of aromatic nitrogens is 4. The zero-order valence-corrected chi connectivity index (χ0v) is 12.6. The molecule has 0 amide bonds. The van der Waals surface area contributed by atoms with Crippen molar-refractivity contribution < 1.29 is 0 Å². The first-order valence-corrected chi connectivity index (χ1v) is 7.38. The topological polar surface area (TPSA) is 55.6 Å². The van der Waals surface area contributed by atoms with E-state index >= 15 is 0 Å². The summed E-state index contributed by atoms with van der Waals surface area (Å²) < 4.78 is 1.91. The molecule has 0 unspecified atom stereocenters. The second-order valence-corrected chi connectivity index (χ2v) is 5.19. The number of para-hydroxylation sites is 1. The summed E-state index contributed by atoms with van der Waals surface area (Å²) in [4.78, 5) is 8.38. The molecule has 1 N–H and O–H groups in total. The van der Waals surface area contributed by atoms with E-state index in [9.17, 15) is 0 Å². The van der Waals surface area contributed by atoms with Crippen LogP contribution in [0.1, 0.15) is 17.0 Å². The molecule has 3 rings (SSSR count). The van der Waals surface area contributed by atoms with Crippen LogP contribution in [0.15, 0.2) is 55.1 Å². The van der Waals surface area contributed by atoms with Crippen LogP contribution in [0.3, 0.4) is 0 Å². The number of aryl methyl sites for hydroxylation is 1. The summed E-state index contributed by atoms with van der Waals surface area (Å²) in [7, 11) is 0. The minimum absolute atomic E-state index is 0.785. The Labute approximate surface area is 130 Å². The van der Waals surface area contributed by atoms with Crippen molar-refractivity contribution in [3.8, 4) is 5.69 Å². The normalized spacial score (nSPS) is 10.8. The number of benzene rings is 1. The Morgan fingerprint density at radius 3 is 2.55 bits per heavy atom. The van der Waals surface area contributed by atoms with Gasteiger partial charge in [0.05, 0.1) is 11.9 Å². The van der Waals surface area contributed by atoms with Gasteiger partial charge in [-0.3, -0.25) is 0 Å². The van der Waals surface area contributed by atoms with E-state index in [2.05, 4.69) is 26.6 Å². The third-order valence-corrected chi connectivity index (χ3v) is 3.41. The summed E-state index contributed by atoms with van der Waals surface area (Å²) in [5, 5.41) is 7.80.